The lowest BCUT2D eigenvalue weighted by Crippen LogP contribution is -2.67. The Balaban J connectivity index is 2.02. The maximum Gasteiger partial charge on any atom is 0.261 e. The molecule has 5 heteroatoms. The highest BCUT2D eigenvalue weighted by Crippen LogP contribution is 2.38. The number of hydrogen-bond acceptors (Lipinski definition) is 4. The largest absolute Gasteiger partial charge is 0.404 e. The zero-order valence-electron chi connectivity index (χ0n) is 16.6. The fraction of sp³-hybridized carbons (Fsp3) is 0.455. The Hall–Kier alpha value is -1.50. The Kier molecular flexibility index (Phi) is 5.89. The summed E-state index contributed by atoms with van der Waals surface area (Å²) in [6.45, 7) is 9.15. The van der Waals surface area contributed by atoms with Gasteiger partial charge in [0.2, 0.25) is 0 Å². The maximum absolute atomic E-state index is 9.58. The van der Waals surface area contributed by atoms with E-state index >= 15 is 0 Å². The van der Waals surface area contributed by atoms with Crippen molar-refractivity contribution in [2.45, 2.75) is 57.5 Å². The first kappa shape index (κ1) is 20.2. The van der Waals surface area contributed by atoms with E-state index in [0.717, 1.165) is 0 Å². The average Bonchev–Trinajstić information content (AvgIpc) is 2.66. The van der Waals surface area contributed by atoms with Crippen molar-refractivity contribution < 1.29 is 19.3 Å². The van der Waals surface area contributed by atoms with E-state index in [1.54, 1.807) is 0 Å². The number of rotatable bonds is 5. The monoisotopic (exact) mass is 386 g/mol. The molecular formula is C22H30O4Si. The van der Waals surface area contributed by atoms with Crippen LogP contribution in [0.4, 0.5) is 0 Å². The molecule has 1 aliphatic rings. The SMILES string of the molecule is CC1(CO[Si](c2ccccc2)(c2ccccc2)C(C)(C)C)CCC(O)OO1. The van der Waals surface area contributed by atoms with Crippen LogP contribution in [0.2, 0.25) is 5.04 Å². The molecule has 2 atom stereocenters. The van der Waals surface area contributed by atoms with Gasteiger partial charge in [-0.25, -0.2) is 9.78 Å². The summed E-state index contributed by atoms with van der Waals surface area (Å²) >= 11 is 0. The first-order chi connectivity index (χ1) is 12.8. The molecule has 0 aliphatic carbocycles. The highest BCUT2D eigenvalue weighted by Gasteiger charge is 2.51. The maximum atomic E-state index is 9.58. The molecule has 2 unspecified atom stereocenters. The van der Waals surface area contributed by atoms with Gasteiger partial charge in [-0.1, -0.05) is 81.4 Å². The summed E-state index contributed by atoms with van der Waals surface area (Å²) in [5, 5.41) is 12.0. The number of aliphatic hydroxyl groups excluding tert-OH is 1. The van der Waals surface area contributed by atoms with E-state index in [1.807, 2.05) is 19.1 Å². The molecule has 1 heterocycles. The van der Waals surface area contributed by atoms with E-state index in [4.69, 9.17) is 14.2 Å². The highest BCUT2D eigenvalue weighted by molar-refractivity contribution is 6.99. The Labute approximate surface area is 163 Å². The zero-order valence-corrected chi connectivity index (χ0v) is 17.6. The van der Waals surface area contributed by atoms with Crippen molar-refractivity contribution in [2.75, 3.05) is 6.61 Å². The van der Waals surface area contributed by atoms with Gasteiger partial charge < -0.3 is 9.53 Å². The van der Waals surface area contributed by atoms with Crippen LogP contribution in [0.1, 0.15) is 40.5 Å². The fourth-order valence-corrected chi connectivity index (χ4v) is 8.49. The van der Waals surface area contributed by atoms with Gasteiger partial charge in [-0.2, -0.15) is 0 Å². The lowest BCUT2D eigenvalue weighted by atomic mass is 10.0. The van der Waals surface area contributed by atoms with E-state index < -0.39 is 20.2 Å². The summed E-state index contributed by atoms with van der Waals surface area (Å²) in [4.78, 5) is 10.6. The Bertz CT molecular complexity index is 679. The lowest BCUT2D eigenvalue weighted by molar-refractivity contribution is -0.443. The predicted molar refractivity (Wildman–Crippen MR) is 109 cm³/mol. The van der Waals surface area contributed by atoms with Crippen molar-refractivity contribution in [3.8, 4) is 0 Å². The van der Waals surface area contributed by atoms with Crippen LogP contribution in [0.25, 0.3) is 0 Å². The minimum atomic E-state index is -2.60. The molecule has 1 aliphatic heterocycles. The van der Waals surface area contributed by atoms with Gasteiger partial charge in [0.25, 0.3) is 8.32 Å². The molecular weight excluding hydrogens is 356 g/mol. The molecule has 0 aromatic heterocycles. The Morgan fingerprint density at radius 1 is 1.04 bits per heavy atom. The fourth-order valence-electron chi connectivity index (χ4n) is 3.81. The van der Waals surface area contributed by atoms with Crippen LogP contribution < -0.4 is 10.4 Å². The molecule has 3 rings (SSSR count). The van der Waals surface area contributed by atoms with Crippen LogP contribution in [-0.4, -0.2) is 31.9 Å². The zero-order chi connectivity index (χ0) is 19.5. The molecule has 4 nitrogen and oxygen atoms in total. The molecule has 1 fully saturated rings. The summed E-state index contributed by atoms with van der Waals surface area (Å²) in [5.74, 6) is 0. The van der Waals surface area contributed by atoms with E-state index in [0.29, 0.717) is 19.4 Å². The van der Waals surface area contributed by atoms with Crippen LogP contribution in [0, 0.1) is 0 Å². The minimum absolute atomic E-state index is 0.0822. The second-order valence-corrected chi connectivity index (χ2v) is 12.9. The molecule has 0 amide bonds. The third-order valence-corrected chi connectivity index (χ3v) is 10.3. The van der Waals surface area contributed by atoms with Crippen molar-refractivity contribution in [3.05, 3.63) is 60.7 Å². The van der Waals surface area contributed by atoms with Crippen molar-refractivity contribution >= 4 is 18.7 Å². The first-order valence-corrected chi connectivity index (χ1v) is 11.5. The average molecular weight is 387 g/mol. The van der Waals surface area contributed by atoms with Crippen molar-refractivity contribution in [2.24, 2.45) is 0 Å². The van der Waals surface area contributed by atoms with Crippen LogP contribution in [0.3, 0.4) is 0 Å². The minimum Gasteiger partial charge on any atom is -0.404 e. The van der Waals surface area contributed by atoms with E-state index in [1.165, 1.54) is 10.4 Å². The summed E-state index contributed by atoms with van der Waals surface area (Å²) in [5.41, 5.74) is -0.577. The second-order valence-electron chi connectivity index (χ2n) is 8.57. The molecule has 0 spiro atoms. The standard InChI is InChI=1S/C22H30O4Si/c1-21(2,3)27(18-11-7-5-8-12-18,19-13-9-6-10-14-19)24-17-22(4)16-15-20(23)25-26-22/h5-14,20,23H,15-17H2,1-4H3. The lowest BCUT2D eigenvalue weighted by Gasteiger charge is -2.45. The van der Waals surface area contributed by atoms with Gasteiger partial charge >= 0.3 is 0 Å². The van der Waals surface area contributed by atoms with Gasteiger partial charge in [0.05, 0.1) is 6.61 Å². The number of hydrogen-bond donors (Lipinski definition) is 1. The first-order valence-electron chi connectivity index (χ1n) is 9.54. The molecule has 1 saturated heterocycles. The third kappa shape index (κ3) is 4.17. The van der Waals surface area contributed by atoms with Crippen LogP contribution in [0.15, 0.2) is 60.7 Å². The van der Waals surface area contributed by atoms with Crippen molar-refractivity contribution in [3.63, 3.8) is 0 Å². The normalized spacial score (nSPS) is 24.0. The molecule has 2 aromatic rings. The summed E-state index contributed by atoms with van der Waals surface area (Å²) in [6, 6.07) is 21.1. The molecule has 0 saturated carbocycles. The quantitative estimate of drug-likeness (QED) is 0.632. The van der Waals surface area contributed by atoms with E-state index in [2.05, 4.69) is 69.3 Å². The van der Waals surface area contributed by atoms with Gasteiger partial charge in [0.1, 0.15) is 5.60 Å². The van der Waals surface area contributed by atoms with Gasteiger partial charge in [-0.15, -0.1) is 0 Å². The van der Waals surface area contributed by atoms with Gasteiger partial charge in [0.15, 0.2) is 6.29 Å². The Morgan fingerprint density at radius 2 is 1.56 bits per heavy atom. The Morgan fingerprint density at radius 3 is 1.96 bits per heavy atom. The van der Waals surface area contributed by atoms with Crippen LogP contribution >= 0.6 is 0 Å². The molecule has 27 heavy (non-hydrogen) atoms. The summed E-state index contributed by atoms with van der Waals surface area (Å²) in [7, 11) is -2.60. The molecule has 2 aromatic carbocycles. The smallest absolute Gasteiger partial charge is 0.261 e. The van der Waals surface area contributed by atoms with Crippen LogP contribution in [-0.2, 0) is 14.2 Å². The van der Waals surface area contributed by atoms with Crippen LogP contribution in [0.5, 0.6) is 0 Å². The third-order valence-electron chi connectivity index (χ3n) is 5.29. The van der Waals surface area contributed by atoms with Crippen molar-refractivity contribution in [1.29, 1.82) is 0 Å². The molecule has 0 bridgehead atoms. The number of aliphatic hydroxyl groups is 1. The summed E-state index contributed by atoms with van der Waals surface area (Å²) in [6.07, 6.45) is 0.374. The molecule has 1 N–H and O–H groups in total. The topological polar surface area (TPSA) is 47.9 Å². The number of benzene rings is 2. The second kappa shape index (κ2) is 7.85. The van der Waals surface area contributed by atoms with E-state index in [-0.39, 0.29) is 5.04 Å². The van der Waals surface area contributed by atoms with Gasteiger partial charge in [-0.3, -0.25) is 0 Å². The molecule has 0 radical (unpaired) electrons. The van der Waals surface area contributed by atoms with Gasteiger partial charge in [0, 0.05) is 6.42 Å². The predicted octanol–water partition coefficient (Wildman–Crippen LogP) is 3.38. The highest BCUT2D eigenvalue weighted by atomic mass is 28.4. The van der Waals surface area contributed by atoms with Gasteiger partial charge in [-0.05, 0) is 28.8 Å². The summed E-state index contributed by atoms with van der Waals surface area (Å²) < 4.78 is 6.90. The molecule has 146 valence electrons. The van der Waals surface area contributed by atoms with Crippen molar-refractivity contribution in [1.82, 2.24) is 0 Å². The van der Waals surface area contributed by atoms with E-state index in [9.17, 15) is 5.11 Å².